The third-order valence-corrected chi connectivity index (χ3v) is 3.49. The van der Waals surface area contributed by atoms with Crippen molar-refractivity contribution < 1.29 is 19.9 Å². The second kappa shape index (κ2) is 16.2. The SMILES string of the molecule is CCC(C)N(OCCCCCCO)OCCCCCCO. The Kier molecular flexibility index (Phi) is 16.0. The lowest BCUT2D eigenvalue weighted by Gasteiger charge is -2.26. The first-order chi connectivity index (χ1) is 10.3. The van der Waals surface area contributed by atoms with E-state index in [0.717, 1.165) is 57.8 Å². The quantitative estimate of drug-likeness (QED) is 0.339. The van der Waals surface area contributed by atoms with Crippen LogP contribution in [0, 0.1) is 0 Å². The largest absolute Gasteiger partial charge is 0.396 e. The fourth-order valence-electron chi connectivity index (χ4n) is 1.88. The van der Waals surface area contributed by atoms with Gasteiger partial charge in [-0.15, -0.1) is 0 Å². The Balaban J connectivity index is 3.67. The van der Waals surface area contributed by atoms with E-state index in [1.165, 1.54) is 0 Å². The highest BCUT2D eigenvalue weighted by Crippen LogP contribution is 2.09. The van der Waals surface area contributed by atoms with Gasteiger partial charge in [-0.2, -0.15) is 0 Å². The normalized spacial score (nSPS) is 13.0. The molecule has 0 aliphatic heterocycles. The van der Waals surface area contributed by atoms with E-state index < -0.39 is 0 Å². The van der Waals surface area contributed by atoms with Gasteiger partial charge in [0, 0.05) is 13.2 Å². The lowest BCUT2D eigenvalue weighted by molar-refractivity contribution is -0.386. The molecule has 0 aromatic heterocycles. The van der Waals surface area contributed by atoms with Crippen LogP contribution in [0.4, 0.5) is 0 Å². The number of aliphatic hydroxyl groups excluding tert-OH is 2. The van der Waals surface area contributed by atoms with Crippen LogP contribution in [0.2, 0.25) is 0 Å². The van der Waals surface area contributed by atoms with E-state index in [1.807, 2.05) is 0 Å². The van der Waals surface area contributed by atoms with Crippen LogP contribution in [0.15, 0.2) is 0 Å². The van der Waals surface area contributed by atoms with Crippen molar-refractivity contribution in [1.82, 2.24) is 5.23 Å². The summed E-state index contributed by atoms with van der Waals surface area (Å²) in [7, 11) is 0. The molecule has 0 radical (unpaired) electrons. The van der Waals surface area contributed by atoms with Gasteiger partial charge in [0.05, 0.1) is 19.3 Å². The van der Waals surface area contributed by atoms with Crippen molar-refractivity contribution in [3.63, 3.8) is 0 Å². The number of rotatable bonds is 16. The minimum Gasteiger partial charge on any atom is -0.396 e. The number of unbranched alkanes of at least 4 members (excludes halogenated alkanes) is 6. The van der Waals surface area contributed by atoms with Gasteiger partial charge in [0.2, 0.25) is 0 Å². The number of aliphatic hydroxyl groups is 2. The van der Waals surface area contributed by atoms with Gasteiger partial charge in [0.1, 0.15) is 0 Å². The predicted molar refractivity (Wildman–Crippen MR) is 84.6 cm³/mol. The molecule has 5 nitrogen and oxygen atoms in total. The van der Waals surface area contributed by atoms with E-state index in [0.29, 0.717) is 13.2 Å². The van der Waals surface area contributed by atoms with E-state index in [1.54, 1.807) is 5.23 Å². The molecule has 0 bridgehead atoms. The predicted octanol–water partition coefficient (Wildman–Crippen LogP) is 3.06. The van der Waals surface area contributed by atoms with Gasteiger partial charge in [-0.25, -0.2) is 0 Å². The van der Waals surface area contributed by atoms with E-state index in [-0.39, 0.29) is 19.3 Å². The highest BCUT2D eigenvalue weighted by Gasteiger charge is 2.13. The van der Waals surface area contributed by atoms with Crippen LogP contribution in [-0.4, -0.2) is 47.9 Å². The zero-order valence-corrected chi connectivity index (χ0v) is 13.9. The molecule has 0 amide bonds. The molecule has 1 unspecified atom stereocenters. The Morgan fingerprint density at radius 1 is 0.762 bits per heavy atom. The third kappa shape index (κ3) is 13.2. The molecule has 0 aliphatic rings. The maximum Gasteiger partial charge on any atom is 0.0711 e. The Bertz CT molecular complexity index is 189. The first-order valence-corrected chi connectivity index (χ1v) is 8.53. The topological polar surface area (TPSA) is 62.2 Å². The third-order valence-electron chi connectivity index (χ3n) is 3.49. The summed E-state index contributed by atoms with van der Waals surface area (Å²) in [6, 6.07) is 0.250. The molecule has 0 fully saturated rings. The Hall–Kier alpha value is -0.200. The average Bonchev–Trinajstić information content (AvgIpc) is 2.51. The summed E-state index contributed by atoms with van der Waals surface area (Å²) < 4.78 is 0. The van der Waals surface area contributed by atoms with Crippen molar-refractivity contribution in [1.29, 1.82) is 0 Å². The summed E-state index contributed by atoms with van der Waals surface area (Å²) in [5, 5.41) is 19.1. The highest BCUT2D eigenvalue weighted by molar-refractivity contribution is 4.50. The molecule has 0 aromatic rings. The number of nitrogens with zero attached hydrogens (tertiary/aromatic N) is 1. The molecule has 0 saturated carbocycles. The Morgan fingerprint density at radius 3 is 1.57 bits per heavy atom. The lowest BCUT2D eigenvalue weighted by Crippen LogP contribution is -2.33. The molecular formula is C16H35NO4. The molecule has 0 rings (SSSR count). The van der Waals surface area contributed by atoms with Crippen LogP contribution in [0.5, 0.6) is 0 Å². The van der Waals surface area contributed by atoms with Crippen LogP contribution >= 0.6 is 0 Å². The van der Waals surface area contributed by atoms with Gasteiger partial charge in [0.25, 0.3) is 0 Å². The van der Waals surface area contributed by atoms with Crippen LogP contribution in [0.3, 0.4) is 0 Å². The van der Waals surface area contributed by atoms with Crippen molar-refractivity contribution in [2.24, 2.45) is 0 Å². The fourth-order valence-corrected chi connectivity index (χ4v) is 1.88. The molecule has 21 heavy (non-hydrogen) atoms. The zero-order valence-electron chi connectivity index (χ0n) is 13.9. The second-order valence-electron chi connectivity index (χ2n) is 5.48. The first kappa shape index (κ1) is 20.8. The average molecular weight is 305 g/mol. The number of hydroxylamine groups is 2. The van der Waals surface area contributed by atoms with E-state index in [4.69, 9.17) is 19.9 Å². The van der Waals surface area contributed by atoms with Crippen LogP contribution < -0.4 is 0 Å². The van der Waals surface area contributed by atoms with Gasteiger partial charge >= 0.3 is 0 Å². The van der Waals surface area contributed by atoms with E-state index >= 15 is 0 Å². The molecule has 5 heteroatoms. The summed E-state index contributed by atoms with van der Waals surface area (Å²) in [6.07, 6.45) is 8.98. The molecule has 0 saturated heterocycles. The van der Waals surface area contributed by atoms with Crippen LogP contribution in [0.1, 0.15) is 71.6 Å². The molecule has 0 aliphatic carbocycles. The van der Waals surface area contributed by atoms with Crippen molar-refractivity contribution in [3.8, 4) is 0 Å². The van der Waals surface area contributed by atoms with E-state index in [2.05, 4.69) is 13.8 Å². The van der Waals surface area contributed by atoms with Crippen molar-refractivity contribution in [2.75, 3.05) is 26.4 Å². The Labute approximate surface area is 130 Å². The van der Waals surface area contributed by atoms with Crippen LogP contribution in [0.25, 0.3) is 0 Å². The van der Waals surface area contributed by atoms with E-state index in [9.17, 15) is 0 Å². The van der Waals surface area contributed by atoms with Crippen molar-refractivity contribution in [2.45, 2.75) is 77.7 Å². The molecular weight excluding hydrogens is 270 g/mol. The maximum atomic E-state index is 8.72. The minimum atomic E-state index is 0.250. The highest BCUT2D eigenvalue weighted by atomic mass is 16.9. The molecule has 1 atom stereocenters. The summed E-state index contributed by atoms with van der Waals surface area (Å²) in [5.74, 6) is 0. The zero-order chi connectivity index (χ0) is 15.8. The van der Waals surface area contributed by atoms with Crippen LogP contribution in [-0.2, 0) is 9.68 Å². The summed E-state index contributed by atoms with van der Waals surface area (Å²) in [6.45, 7) is 6.10. The van der Waals surface area contributed by atoms with Gasteiger partial charge in [-0.05, 0) is 39.0 Å². The molecule has 0 aromatic carbocycles. The number of hydrogen-bond acceptors (Lipinski definition) is 5. The standard InChI is InChI=1S/C16H35NO4/c1-3-16(2)17(20-14-10-6-4-8-12-18)21-15-11-7-5-9-13-19/h16,18-19H,3-15H2,1-2H3. The monoisotopic (exact) mass is 305 g/mol. The Morgan fingerprint density at radius 2 is 1.19 bits per heavy atom. The van der Waals surface area contributed by atoms with Crippen molar-refractivity contribution in [3.05, 3.63) is 0 Å². The van der Waals surface area contributed by atoms with Gasteiger partial charge in [-0.3, -0.25) is 9.68 Å². The van der Waals surface area contributed by atoms with Gasteiger partial charge in [0.15, 0.2) is 0 Å². The second-order valence-corrected chi connectivity index (χ2v) is 5.48. The number of hydrogen-bond donors (Lipinski definition) is 2. The molecule has 2 N–H and O–H groups in total. The first-order valence-electron chi connectivity index (χ1n) is 8.53. The maximum absolute atomic E-state index is 8.72. The van der Waals surface area contributed by atoms with Crippen molar-refractivity contribution >= 4 is 0 Å². The summed E-state index contributed by atoms with van der Waals surface area (Å²) in [5.41, 5.74) is 0. The molecule has 0 spiro atoms. The van der Waals surface area contributed by atoms with Gasteiger partial charge < -0.3 is 10.2 Å². The summed E-state index contributed by atoms with van der Waals surface area (Å²) in [4.78, 5) is 11.4. The minimum absolute atomic E-state index is 0.250. The lowest BCUT2D eigenvalue weighted by atomic mass is 10.2. The smallest absolute Gasteiger partial charge is 0.0711 e. The van der Waals surface area contributed by atoms with Gasteiger partial charge in [-0.1, -0.05) is 37.8 Å². The molecule has 128 valence electrons. The fraction of sp³-hybridized carbons (Fsp3) is 1.00. The molecule has 0 heterocycles. The summed E-state index contributed by atoms with van der Waals surface area (Å²) >= 11 is 0.